The Hall–Kier alpha value is -4.07. The van der Waals surface area contributed by atoms with E-state index in [-0.39, 0.29) is 28.2 Å². The van der Waals surface area contributed by atoms with E-state index in [1.54, 1.807) is 11.1 Å². The Morgan fingerprint density at radius 2 is 1.62 bits per heavy atom. The number of rotatable bonds is 5. The first-order valence-corrected chi connectivity index (χ1v) is 9.79. The highest BCUT2D eigenvalue weighted by atomic mass is 16.5. The Morgan fingerprint density at radius 1 is 0.938 bits per heavy atom. The molecule has 0 fully saturated rings. The van der Waals surface area contributed by atoms with E-state index in [4.69, 9.17) is 14.2 Å². The Kier molecular flexibility index (Phi) is 5.44. The number of fused-ring (bicyclic) bond motifs is 3. The highest BCUT2D eigenvalue weighted by Crippen LogP contribution is 2.47. The molecule has 2 aliphatic rings. The van der Waals surface area contributed by atoms with E-state index in [0.29, 0.717) is 0 Å². The molecule has 0 spiro atoms. The Morgan fingerprint density at radius 3 is 2.28 bits per heavy atom. The molecule has 2 heterocycles. The number of carbonyl (C=O) groups is 3. The first-order chi connectivity index (χ1) is 15.4. The summed E-state index contributed by atoms with van der Waals surface area (Å²) in [6.45, 7) is 0. The number of benzene rings is 2. The van der Waals surface area contributed by atoms with E-state index in [1.165, 1.54) is 39.5 Å². The van der Waals surface area contributed by atoms with E-state index >= 15 is 0 Å². The van der Waals surface area contributed by atoms with Crippen molar-refractivity contribution in [2.45, 2.75) is 12.1 Å². The van der Waals surface area contributed by atoms with Crippen LogP contribution in [0.1, 0.15) is 27.5 Å². The molecular weight excluding hydrogens is 414 g/mol. The number of esters is 2. The van der Waals surface area contributed by atoms with Crippen molar-refractivity contribution in [3.63, 3.8) is 0 Å². The van der Waals surface area contributed by atoms with Gasteiger partial charge in [0.25, 0.3) is 0 Å². The molecule has 2 aliphatic heterocycles. The molecule has 0 amide bonds. The van der Waals surface area contributed by atoms with Gasteiger partial charge in [0.2, 0.25) is 0 Å². The van der Waals surface area contributed by atoms with E-state index in [2.05, 4.69) is 0 Å². The summed E-state index contributed by atoms with van der Waals surface area (Å²) in [7, 11) is 3.80. The Bertz CT molecular complexity index is 1180. The molecule has 0 saturated carbocycles. The molecule has 164 valence electrons. The maximum atomic E-state index is 13.6. The van der Waals surface area contributed by atoms with Crippen LogP contribution in [0.15, 0.2) is 59.8 Å². The number of aromatic hydroxyl groups is 1. The van der Waals surface area contributed by atoms with Gasteiger partial charge in [0.1, 0.15) is 6.04 Å². The van der Waals surface area contributed by atoms with Gasteiger partial charge in [-0.15, -0.1) is 0 Å². The number of phenolic OH excluding ortho intramolecular Hbond substituents is 1. The lowest BCUT2D eigenvalue weighted by molar-refractivity contribution is -0.139. The minimum Gasteiger partial charge on any atom is -0.504 e. The molecule has 1 N–H and O–H groups in total. The number of ketones is 1. The topological polar surface area (TPSA) is 102 Å². The zero-order chi connectivity index (χ0) is 23.0. The molecule has 0 aliphatic carbocycles. The van der Waals surface area contributed by atoms with Gasteiger partial charge in [-0.1, -0.05) is 24.3 Å². The number of nitrogens with zero attached hydrogens (tertiary/aromatic N) is 1. The number of Topliss-reactive ketones (excluding diaryl/α,β-unsaturated/α-hetero) is 1. The standard InChI is InChI=1S/C24H21NO7/c1-30-17-9-8-14(12-16(17)26)22(27)21-19(24(29)32-3)18(23(28)31-2)20-15-7-5-4-6-13(15)10-11-25(20)21/h4-12,20-21,26H,1-3H3. The number of hydrogen-bond donors (Lipinski definition) is 1. The first kappa shape index (κ1) is 21.2. The van der Waals surface area contributed by atoms with Crippen LogP contribution in [0.3, 0.4) is 0 Å². The Labute approximate surface area is 184 Å². The van der Waals surface area contributed by atoms with Crippen LogP contribution < -0.4 is 4.74 Å². The fourth-order valence-electron chi connectivity index (χ4n) is 4.24. The predicted octanol–water partition coefficient (Wildman–Crippen LogP) is 2.64. The molecule has 2 aromatic rings. The van der Waals surface area contributed by atoms with Crippen molar-refractivity contribution in [1.82, 2.24) is 4.90 Å². The van der Waals surface area contributed by atoms with Crippen LogP contribution in [-0.2, 0) is 19.1 Å². The van der Waals surface area contributed by atoms with E-state index in [9.17, 15) is 19.5 Å². The lowest BCUT2D eigenvalue weighted by Crippen LogP contribution is -2.39. The summed E-state index contributed by atoms with van der Waals surface area (Å²) in [6, 6.07) is 9.74. The van der Waals surface area contributed by atoms with Crippen molar-refractivity contribution in [2.75, 3.05) is 21.3 Å². The van der Waals surface area contributed by atoms with Crippen molar-refractivity contribution >= 4 is 23.8 Å². The second-order valence-electron chi connectivity index (χ2n) is 7.26. The normalized spacial score (nSPS) is 18.7. The lowest BCUT2D eigenvalue weighted by atomic mass is 9.91. The summed E-state index contributed by atoms with van der Waals surface area (Å²) in [6.07, 6.45) is 3.49. The Balaban J connectivity index is 1.92. The number of hydrogen-bond acceptors (Lipinski definition) is 8. The molecule has 0 saturated heterocycles. The van der Waals surface area contributed by atoms with E-state index in [0.717, 1.165) is 11.1 Å². The van der Waals surface area contributed by atoms with Gasteiger partial charge in [-0.3, -0.25) is 4.79 Å². The van der Waals surface area contributed by atoms with Crippen molar-refractivity contribution < 1.29 is 33.7 Å². The number of methoxy groups -OCH3 is 3. The molecule has 32 heavy (non-hydrogen) atoms. The van der Waals surface area contributed by atoms with Crippen molar-refractivity contribution in [3.05, 3.63) is 76.5 Å². The number of ether oxygens (including phenoxy) is 3. The predicted molar refractivity (Wildman–Crippen MR) is 114 cm³/mol. The van der Waals surface area contributed by atoms with Gasteiger partial charge < -0.3 is 24.2 Å². The number of phenols is 1. The maximum absolute atomic E-state index is 13.6. The summed E-state index contributed by atoms with van der Waals surface area (Å²) in [5.74, 6) is -2.03. The summed E-state index contributed by atoms with van der Waals surface area (Å²) in [5, 5.41) is 10.2. The van der Waals surface area contributed by atoms with Crippen LogP contribution >= 0.6 is 0 Å². The third kappa shape index (κ3) is 3.20. The van der Waals surface area contributed by atoms with Crippen LogP contribution in [0, 0.1) is 0 Å². The zero-order valence-corrected chi connectivity index (χ0v) is 17.7. The van der Waals surface area contributed by atoms with Gasteiger partial charge in [0.05, 0.1) is 38.5 Å². The largest absolute Gasteiger partial charge is 0.504 e. The van der Waals surface area contributed by atoms with Crippen LogP contribution in [0.2, 0.25) is 0 Å². The minimum absolute atomic E-state index is 0.0484. The zero-order valence-electron chi connectivity index (χ0n) is 17.7. The van der Waals surface area contributed by atoms with Gasteiger partial charge in [-0.25, -0.2) is 9.59 Å². The summed E-state index contributed by atoms with van der Waals surface area (Å²) >= 11 is 0. The maximum Gasteiger partial charge on any atom is 0.336 e. The van der Waals surface area contributed by atoms with Crippen LogP contribution in [0.25, 0.3) is 6.08 Å². The molecule has 0 radical (unpaired) electrons. The SMILES string of the molecule is COC(=O)C1=C(C(=O)OC)C2c3ccccc3C=CN2C1C(=O)c1ccc(OC)c(O)c1. The average Bonchev–Trinajstić information content (AvgIpc) is 3.18. The minimum atomic E-state index is -1.15. The molecule has 4 rings (SSSR count). The molecule has 2 unspecified atom stereocenters. The molecule has 0 aromatic heterocycles. The van der Waals surface area contributed by atoms with Crippen LogP contribution in [0.5, 0.6) is 11.5 Å². The van der Waals surface area contributed by atoms with Gasteiger partial charge >= 0.3 is 11.9 Å². The van der Waals surface area contributed by atoms with Gasteiger partial charge in [0.15, 0.2) is 17.3 Å². The second kappa shape index (κ2) is 8.22. The first-order valence-electron chi connectivity index (χ1n) is 9.79. The van der Waals surface area contributed by atoms with Crippen molar-refractivity contribution in [3.8, 4) is 11.5 Å². The summed E-state index contributed by atoms with van der Waals surface area (Å²) < 4.78 is 15.0. The van der Waals surface area contributed by atoms with Crippen molar-refractivity contribution in [1.29, 1.82) is 0 Å². The molecule has 8 heteroatoms. The van der Waals surface area contributed by atoms with Gasteiger partial charge in [-0.2, -0.15) is 0 Å². The highest BCUT2D eigenvalue weighted by molar-refractivity contribution is 6.13. The average molecular weight is 435 g/mol. The van der Waals surface area contributed by atoms with Crippen molar-refractivity contribution in [2.24, 2.45) is 0 Å². The number of carbonyl (C=O) groups excluding carboxylic acids is 3. The lowest BCUT2D eigenvalue weighted by Gasteiger charge is -2.33. The summed E-state index contributed by atoms with van der Waals surface area (Å²) in [5.41, 5.74) is 1.71. The van der Waals surface area contributed by atoms with E-state index in [1.807, 2.05) is 30.3 Å². The quantitative estimate of drug-likeness (QED) is 0.565. The van der Waals surface area contributed by atoms with Crippen LogP contribution in [0.4, 0.5) is 0 Å². The fraction of sp³-hybridized carbons (Fsp3) is 0.208. The molecule has 2 aromatic carbocycles. The monoisotopic (exact) mass is 435 g/mol. The molecule has 0 bridgehead atoms. The smallest absolute Gasteiger partial charge is 0.336 e. The third-order valence-electron chi connectivity index (χ3n) is 5.67. The molecule has 2 atom stereocenters. The van der Waals surface area contributed by atoms with Gasteiger partial charge in [-0.05, 0) is 35.4 Å². The second-order valence-corrected chi connectivity index (χ2v) is 7.26. The van der Waals surface area contributed by atoms with Crippen LogP contribution in [-0.4, -0.2) is 55.1 Å². The highest BCUT2D eigenvalue weighted by Gasteiger charge is 2.51. The molecule has 8 nitrogen and oxygen atoms in total. The molecular formula is C24H21NO7. The third-order valence-corrected chi connectivity index (χ3v) is 5.67. The van der Waals surface area contributed by atoms with E-state index < -0.39 is 29.8 Å². The van der Waals surface area contributed by atoms with Gasteiger partial charge in [0, 0.05) is 11.8 Å². The fourth-order valence-corrected chi connectivity index (χ4v) is 4.24. The summed E-state index contributed by atoms with van der Waals surface area (Å²) in [4.78, 5) is 41.0.